The van der Waals surface area contributed by atoms with Crippen molar-refractivity contribution in [2.75, 3.05) is 19.5 Å². The van der Waals surface area contributed by atoms with E-state index in [2.05, 4.69) is 20.8 Å². The number of carbonyl (C=O) groups is 1. The molecular formula is C39H32Cl2N4O5S. The van der Waals surface area contributed by atoms with Gasteiger partial charge in [-0.2, -0.15) is 5.10 Å². The average Bonchev–Trinajstić information content (AvgIpc) is 3.63. The Balaban J connectivity index is 1.03. The van der Waals surface area contributed by atoms with Crippen molar-refractivity contribution in [3.05, 3.63) is 147 Å². The third-order valence-corrected chi connectivity index (χ3v) is 8.81. The number of benzene rings is 5. The molecule has 51 heavy (non-hydrogen) atoms. The van der Waals surface area contributed by atoms with Gasteiger partial charge in [-0.25, -0.2) is 10.4 Å². The van der Waals surface area contributed by atoms with Gasteiger partial charge in [0.05, 0.1) is 31.2 Å². The van der Waals surface area contributed by atoms with Gasteiger partial charge in [-0.1, -0.05) is 71.7 Å². The van der Waals surface area contributed by atoms with Crippen LogP contribution in [0.15, 0.2) is 120 Å². The van der Waals surface area contributed by atoms with Crippen LogP contribution in [0.25, 0.3) is 11.3 Å². The van der Waals surface area contributed by atoms with Gasteiger partial charge in [0, 0.05) is 27.2 Å². The molecule has 12 heteroatoms. The fourth-order valence-electron chi connectivity index (χ4n) is 4.91. The van der Waals surface area contributed by atoms with E-state index in [9.17, 15) is 4.79 Å². The van der Waals surface area contributed by atoms with E-state index in [0.717, 1.165) is 33.2 Å². The van der Waals surface area contributed by atoms with Gasteiger partial charge >= 0.3 is 0 Å². The Hall–Kier alpha value is -5.55. The maximum Gasteiger partial charge on any atom is 0.271 e. The molecule has 0 saturated carbocycles. The lowest BCUT2D eigenvalue weighted by Crippen LogP contribution is -2.17. The molecule has 0 fully saturated rings. The Kier molecular flexibility index (Phi) is 11.7. The summed E-state index contributed by atoms with van der Waals surface area (Å²) in [5.74, 6) is 1.63. The van der Waals surface area contributed by atoms with Crippen LogP contribution in [-0.4, -0.2) is 31.3 Å². The highest BCUT2D eigenvalue weighted by Crippen LogP contribution is 2.37. The predicted molar refractivity (Wildman–Crippen MR) is 203 cm³/mol. The lowest BCUT2D eigenvalue weighted by atomic mass is 10.1. The maximum absolute atomic E-state index is 12.8. The molecule has 258 valence electrons. The van der Waals surface area contributed by atoms with Gasteiger partial charge in [-0.15, -0.1) is 11.3 Å². The molecule has 0 atom stereocenters. The molecule has 0 aliphatic rings. The molecule has 1 amide bonds. The average molecular weight is 740 g/mol. The van der Waals surface area contributed by atoms with Gasteiger partial charge in [0.2, 0.25) is 0 Å². The van der Waals surface area contributed by atoms with Crippen molar-refractivity contribution in [1.29, 1.82) is 0 Å². The number of ether oxygens (including phenoxy) is 4. The SMILES string of the molecule is COc1cc(COc2c(Cl)cc(/C=N\NC(=O)c3ccc(-c4csc(Nc5ccc(Cl)cc5)n4)cc3)cc2OC)ccc1OCc1ccccc1. The van der Waals surface area contributed by atoms with Crippen molar-refractivity contribution < 1.29 is 23.7 Å². The number of hydrogen-bond acceptors (Lipinski definition) is 9. The van der Waals surface area contributed by atoms with E-state index in [1.807, 2.05) is 90.3 Å². The van der Waals surface area contributed by atoms with E-state index < -0.39 is 0 Å². The normalized spacial score (nSPS) is 10.9. The number of nitrogens with zero attached hydrogens (tertiary/aromatic N) is 2. The van der Waals surface area contributed by atoms with Crippen molar-refractivity contribution in [3.8, 4) is 34.3 Å². The quantitative estimate of drug-likeness (QED) is 0.0847. The van der Waals surface area contributed by atoms with Crippen molar-refractivity contribution in [2.45, 2.75) is 13.2 Å². The minimum atomic E-state index is -0.369. The van der Waals surface area contributed by atoms with E-state index in [4.69, 9.17) is 42.1 Å². The fourth-order valence-corrected chi connectivity index (χ4v) is 6.05. The van der Waals surface area contributed by atoms with Crippen LogP contribution in [0.5, 0.6) is 23.0 Å². The van der Waals surface area contributed by atoms with Crippen molar-refractivity contribution >= 4 is 57.5 Å². The molecular weight excluding hydrogens is 707 g/mol. The molecule has 0 bridgehead atoms. The van der Waals surface area contributed by atoms with Gasteiger partial charge in [-0.3, -0.25) is 4.79 Å². The minimum Gasteiger partial charge on any atom is -0.493 e. The number of anilines is 2. The number of hydrogen-bond donors (Lipinski definition) is 2. The Morgan fingerprint density at radius 3 is 2.29 bits per heavy atom. The Labute approximate surface area is 309 Å². The van der Waals surface area contributed by atoms with Crippen LogP contribution in [0, 0.1) is 0 Å². The number of halogens is 2. The second-order valence-electron chi connectivity index (χ2n) is 11.0. The number of amides is 1. The molecule has 9 nitrogen and oxygen atoms in total. The smallest absolute Gasteiger partial charge is 0.271 e. The van der Waals surface area contributed by atoms with E-state index in [1.54, 1.807) is 31.4 Å². The lowest BCUT2D eigenvalue weighted by molar-refractivity contribution is 0.0955. The lowest BCUT2D eigenvalue weighted by Gasteiger charge is -2.15. The van der Waals surface area contributed by atoms with E-state index in [-0.39, 0.29) is 12.5 Å². The zero-order valence-electron chi connectivity index (χ0n) is 27.6. The molecule has 2 N–H and O–H groups in total. The second-order valence-corrected chi connectivity index (χ2v) is 12.7. The van der Waals surface area contributed by atoms with Gasteiger partial charge in [0.15, 0.2) is 28.1 Å². The third-order valence-electron chi connectivity index (χ3n) is 7.52. The van der Waals surface area contributed by atoms with Crippen molar-refractivity contribution in [3.63, 3.8) is 0 Å². The summed E-state index contributed by atoms with van der Waals surface area (Å²) >= 11 is 14.1. The molecule has 5 aromatic carbocycles. The van der Waals surface area contributed by atoms with Crippen LogP contribution >= 0.6 is 34.5 Å². The first kappa shape index (κ1) is 35.3. The summed E-state index contributed by atoms with van der Waals surface area (Å²) in [7, 11) is 3.12. The number of methoxy groups -OCH3 is 2. The summed E-state index contributed by atoms with van der Waals surface area (Å²) in [6, 6.07) is 33.4. The molecule has 0 saturated heterocycles. The van der Waals surface area contributed by atoms with Crippen LogP contribution in [0.2, 0.25) is 10.0 Å². The highest BCUT2D eigenvalue weighted by atomic mass is 35.5. The number of rotatable bonds is 14. The Bertz CT molecular complexity index is 2130. The molecule has 6 rings (SSSR count). The summed E-state index contributed by atoms with van der Waals surface area (Å²) in [4.78, 5) is 17.4. The monoisotopic (exact) mass is 738 g/mol. The van der Waals surface area contributed by atoms with Gasteiger partial charge in [0.1, 0.15) is 13.2 Å². The fraction of sp³-hybridized carbons (Fsp3) is 0.103. The molecule has 0 aliphatic carbocycles. The van der Waals surface area contributed by atoms with Crippen LogP contribution in [-0.2, 0) is 13.2 Å². The number of aromatic nitrogens is 1. The third kappa shape index (κ3) is 9.37. The Morgan fingerprint density at radius 2 is 1.55 bits per heavy atom. The molecule has 6 aromatic rings. The molecule has 0 radical (unpaired) electrons. The molecule has 0 spiro atoms. The first-order valence-electron chi connectivity index (χ1n) is 15.6. The number of nitrogens with one attached hydrogen (secondary N) is 2. The minimum absolute atomic E-state index is 0.206. The molecule has 1 aromatic heterocycles. The van der Waals surface area contributed by atoms with Crippen LogP contribution < -0.4 is 29.7 Å². The molecule has 1 heterocycles. The zero-order valence-corrected chi connectivity index (χ0v) is 29.9. The second kappa shape index (κ2) is 16.9. The number of hydrazone groups is 1. The number of carbonyl (C=O) groups excluding carboxylic acids is 1. The van der Waals surface area contributed by atoms with E-state index in [1.165, 1.54) is 24.7 Å². The van der Waals surface area contributed by atoms with Crippen molar-refractivity contribution in [2.24, 2.45) is 5.10 Å². The number of thiazole rings is 1. The molecule has 0 unspecified atom stereocenters. The predicted octanol–water partition coefficient (Wildman–Crippen LogP) is 9.80. The summed E-state index contributed by atoms with van der Waals surface area (Å²) < 4.78 is 23.1. The standard InChI is InChI=1S/C39H32Cl2N4O5S/c1-47-35-19-26(8-17-34(35)49-22-25-6-4-3-5-7-25)23-50-37-32(41)18-27(20-36(37)48-2)21-42-45-38(46)29-11-9-28(10-12-29)33-24-51-39(44-33)43-31-15-13-30(40)14-16-31/h3-21,24H,22-23H2,1-2H3,(H,43,44)(H,45,46)/b42-21-. The van der Waals surface area contributed by atoms with Gasteiger partial charge in [0.25, 0.3) is 5.91 Å². The topological polar surface area (TPSA) is 103 Å². The zero-order chi connectivity index (χ0) is 35.6. The summed E-state index contributed by atoms with van der Waals surface area (Å²) in [5.41, 5.74) is 8.07. The van der Waals surface area contributed by atoms with Crippen LogP contribution in [0.3, 0.4) is 0 Å². The first-order chi connectivity index (χ1) is 24.9. The van der Waals surface area contributed by atoms with Crippen LogP contribution in [0.1, 0.15) is 27.0 Å². The highest BCUT2D eigenvalue weighted by Gasteiger charge is 2.14. The van der Waals surface area contributed by atoms with E-state index >= 15 is 0 Å². The van der Waals surface area contributed by atoms with Gasteiger partial charge in [-0.05, 0) is 77.4 Å². The van der Waals surface area contributed by atoms with Crippen molar-refractivity contribution in [1.82, 2.24) is 10.4 Å². The summed E-state index contributed by atoms with van der Waals surface area (Å²) in [5, 5.41) is 11.1. The molecule has 0 aliphatic heterocycles. The first-order valence-corrected chi connectivity index (χ1v) is 17.3. The maximum atomic E-state index is 12.8. The van der Waals surface area contributed by atoms with Gasteiger partial charge < -0.3 is 24.3 Å². The van der Waals surface area contributed by atoms with Crippen LogP contribution in [0.4, 0.5) is 10.8 Å². The summed E-state index contributed by atoms with van der Waals surface area (Å²) in [6.07, 6.45) is 1.48. The van der Waals surface area contributed by atoms with E-state index in [0.29, 0.717) is 50.8 Å². The highest BCUT2D eigenvalue weighted by molar-refractivity contribution is 7.14. The largest absolute Gasteiger partial charge is 0.493 e. The summed E-state index contributed by atoms with van der Waals surface area (Å²) in [6.45, 7) is 0.629. The Morgan fingerprint density at radius 1 is 0.804 bits per heavy atom.